The van der Waals surface area contributed by atoms with Gasteiger partial charge in [-0.3, -0.25) is 9.52 Å². The third-order valence-corrected chi connectivity index (χ3v) is 8.22. The van der Waals surface area contributed by atoms with Gasteiger partial charge in [0.1, 0.15) is 22.1 Å². The molecule has 190 valence electrons. The minimum absolute atomic E-state index is 0.0548. The van der Waals surface area contributed by atoms with Gasteiger partial charge in [-0.1, -0.05) is 6.92 Å². The Balaban J connectivity index is 1.76. The highest BCUT2D eigenvalue weighted by Crippen LogP contribution is 2.32. The summed E-state index contributed by atoms with van der Waals surface area (Å²) in [6.07, 6.45) is 2.81. The third kappa shape index (κ3) is 4.74. The fourth-order valence-electron chi connectivity index (χ4n) is 3.38. The molecule has 0 aliphatic rings. The lowest BCUT2D eigenvalue weighted by molar-refractivity contribution is 0.0783. The molecule has 3 aromatic heterocycles. The van der Waals surface area contributed by atoms with Gasteiger partial charge in [0.25, 0.3) is 0 Å². The number of rotatable bonds is 8. The SMILES string of the molecule is CCN(C)S(=O)(=O)Nc1ccc(F)c(C(=O)c2c[nH]c3ncc(-c4csc(C(C)(C)O)n4)cc23)c1F. The molecule has 0 saturated carbocycles. The van der Waals surface area contributed by atoms with Crippen LogP contribution in [0.5, 0.6) is 0 Å². The predicted molar refractivity (Wildman–Crippen MR) is 133 cm³/mol. The zero-order valence-corrected chi connectivity index (χ0v) is 21.4. The zero-order valence-electron chi connectivity index (χ0n) is 19.8. The number of carbonyl (C=O) groups excluding carboxylic acids is 1. The van der Waals surface area contributed by atoms with E-state index in [0.717, 1.165) is 16.4 Å². The number of pyridine rings is 1. The summed E-state index contributed by atoms with van der Waals surface area (Å²) in [6, 6.07) is 3.35. The molecule has 0 fully saturated rings. The molecule has 0 amide bonds. The Hall–Kier alpha value is -3.26. The Morgan fingerprint density at radius 2 is 2.03 bits per heavy atom. The number of aromatic amines is 1. The molecule has 36 heavy (non-hydrogen) atoms. The monoisotopic (exact) mass is 535 g/mol. The molecule has 3 N–H and O–H groups in total. The van der Waals surface area contributed by atoms with E-state index in [1.165, 1.54) is 30.8 Å². The number of anilines is 1. The summed E-state index contributed by atoms with van der Waals surface area (Å²) in [7, 11) is -2.81. The van der Waals surface area contributed by atoms with Gasteiger partial charge in [-0.15, -0.1) is 11.3 Å². The number of thiazole rings is 1. The van der Waals surface area contributed by atoms with Crippen LogP contribution in [0.2, 0.25) is 0 Å². The van der Waals surface area contributed by atoms with Gasteiger partial charge in [0.15, 0.2) is 5.82 Å². The zero-order chi connectivity index (χ0) is 26.4. The van der Waals surface area contributed by atoms with Crippen molar-refractivity contribution in [3.8, 4) is 11.3 Å². The maximum atomic E-state index is 15.3. The second-order valence-corrected chi connectivity index (χ2v) is 11.2. The van der Waals surface area contributed by atoms with Crippen molar-refractivity contribution < 1.29 is 27.1 Å². The number of carbonyl (C=O) groups is 1. The van der Waals surface area contributed by atoms with Crippen LogP contribution in [0.25, 0.3) is 22.3 Å². The highest BCUT2D eigenvalue weighted by molar-refractivity contribution is 7.90. The average molecular weight is 536 g/mol. The number of aromatic nitrogens is 3. The fraction of sp³-hybridized carbons (Fsp3) is 0.261. The molecule has 9 nitrogen and oxygen atoms in total. The van der Waals surface area contributed by atoms with Crippen molar-refractivity contribution in [2.75, 3.05) is 18.3 Å². The van der Waals surface area contributed by atoms with Gasteiger partial charge in [0.2, 0.25) is 5.78 Å². The van der Waals surface area contributed by atoms with Gasteiger partial charge in [0.05, 0.1) is 16.9 Å². The summed E-state index contributed by atoms with van der Waals surface area (Å²) in [5.74, 6) is -3.46. The number of aliphatic hydroxyl groups is 1. The molecule has 3 heterocycles. The maximum Gasteiger partial charge on any atom is 0.301 e. The number of fused-ring (bicyclic) bond motifs is 1. The molecular weight excluding hydrogens is 512 g/mol. The highest BCUT2D eigenvalue weighted by Gasteiger charge is 2.27. The molecule has 0 aliphatic heterocycles. The van der Waals surface area contributed by atoms with Crippen molar-refractivity contribution in [2.24, 2.45) is 0 Å². The summed E-state index contributed by atoms with van der Waals surface area (Å²) < 4.78 is 57.6. The smallest absolute Gasteiger partial charge is 0.301 e. The molecule has 0 saturated heterocycles. The molecule has 0 spiro atoms. The minimum Gasteiger partial charge on any atom is -0.383 e. The maximum absolute atomic E-state index is 15.3. The summed E-state index contributed by atoms with van der Waals surface area (Å²) >= 11 is 1.26. The van der Waals surface area contributed by atoms with E-state index in [-0.39, 0.29) is 12.1 Å². The number of ketones is 1. The normalized spacial score (nSPS) is 12.4. The van der Waals surface area contributed by atoms with Crippen LogP contribution in [0.4, 0.5) is 14.5 Å². The third-order valence-electron chi connectivity index (χ3n) is 5.51. The van der Waals surface area contributed by atoms with E-state index >= 15 is 4.39 Å². The Kier molecular flexibility index (Phi) is 6.68. The highest BCUT2D eigenvalue weighted by atomic mass is 32.2. The van der Waals surface area contributed by atoms with Gasteiger partial charge < -0.3 is 10.1 Å². The molecule has 0 radical (unpaired) electrons. The van der Waals surface area contributed by atoms with Gasteiger partial charge >= 0.3 is 10.2 Å². The first-order chi connectivity index (χ1) is 16.8. The molecule has 4 aromatic rings. The summed E-state index contributed by atoms with van der Waals surface area (Å²) in [6.45, 7) is 4.92. The molecule has 0 bridgehead atoms. The lowest BCUT2D eigenvalue weighted by Crippen LogP contribution is -2.32. The van der Waals surface area contributed by atoms with Crippen molar-refractivity contribution in [3.05, 3.63) is 63.7 Å². The Morgan fingerprint density at radius 1 is 1.31 bits per heavy atom. The number of hydrogen-bond donors (Lipinski definition) is 3. The van der Waals surface area contributed by atoms with Gasteiger partial charge in [-0.2, -0.15) is 12.7 Å². The average Bonchev–Trinajstić information content (AvgIpc) is 3.47. The van der Waals surface area contributed by atoms with Crippen molar-refractivity contribution >= 4 is 44.1 Å². The van der Waals surface area contributed by atoms with Crippen molar-refractivity contribution in [3.63, 3.8) is 0 Å². The standard InChI is InChI=1S/C23H23F2N5O4S2/c1-5-30(4)36(33,34)29-16-7-6-15(24)18(19(16)25)20(31)14-10-27-21-13(14)8-12(9-26-21)17-11-35-22(28-17)23(2,3)32/h6-11,29,32H,5H2,1-4H3,(H,26,27). The Morgan fingerprint density at radius 3 is 2.67 bits per heavy atom. The van der Waals surface area contributed by atoms with Gasteiger partial charge in [0, 0.05) is 47.9 Å². The number of halogens is 2. The van der Waals surface area contributed by atoms with Crippen LogP contribution in [0, 0.1) is 11.6 Å². The van der Waals surface area contributed by atoms with E-state index in [2.05, 4.69) is 15.0 Å². The van der Waals surface area contributed by atoms with Crippen LogP contribution in [0.3, 0.4) is 0 Å². The van der Waals surface area contributed by atoms with Gasteiger partial charge in [-0.05, 0) is 32.0 Å². The number of H-pyrrole nitrogens is 1. The lowest BCUT2D eigenvalue weighted by Gasteiger charge is -2.17. The van der Waals surface area contributed by atoms with Crippen LogP contribution in [-0.4, -0.2) is 52.2 Å². The minimum atomic E-state index is -4.10. The number of hydrogen-bond acceptors (Lipinski definition) is 7. The first-order valence-corrected chi connectivity index (χ1v) is 13.1. The summed E-state index contributed by atoms with van der Waals surface area (Å²) in [4.78, 5) is 24.8. The Bertz CT molecular complexity index is 1580. The topological polar surface area (TPSA) is 128 Å². The fourth-order valence-corrected chi connectivity index (χ4v) is 5.16. The molecule has 1 aromatic carbocycles. The largest absolute Gasteiger partial charge is 0.383 e. The molecule has 0 unspecified atom stereocenters. The van der Waals surface area contributed by atoms with Crippen molar-refractivity contribution in [1.29, 1.82) is 0 Å². The first-order valence-electron chi connectivity index (χ1n) is 10.8. The van der Waals surface area contributed by atoms with E-state index < -0.39 is 44.5 Å². The summed E-state index contributed by atoms with van der Waals surface area (Å²) in [5.41, 5.74) is -1.29. The molecule has 0 aliphatic carbocycles. The van der Waals surface area contributed by atoms with E-state index in [1.807, 2.05) is 4.72 Å². The second kappa shape index (κ2) is 9.32. The van der Waals surface area contributed by atoms with E-state index in [9.17, 15) is 22.7 Å². The molecule has 0 atom stereocenters. The van der Waals surface area contributed by atoms with Crippen LogP contribution >= 0.6 is 11.3 Å². The second-order valence-electron chi connectivity index (χ2n) is 8.55. The number of nitrogens with one attached hydrogen (secondary N) is 2. The van der Waals surface area contributed by atoms with Crippen molar-refractivity contribution in [1.82, 2.24) is 19.3 Å². The van der Waals surface area contributed by atoms with E-state index in [4.69, 9.17) is 0 Å². The van der Waals surface area contributed by atoms with Crippen LogP contribution in [0.15, 0.2) is 36.0 Å². The number of nitrogens with zero attached hydrogens (tertiary/aromatic N) is 3. The molecule has 4 rings (SSSR count). The molecule has 13 heteroatoms. The van der Waals surface area contributed by atoms with Crippen LogP contribution in [-0.2, 0) is 15.8 Å². The van der Waals surface area contributed by atoms with Crippen LogP contribution in [0.1, 0.15) is 41.7 Å². The number of benzene rings is 1. The Labute approximate surface area is 210 Å². The quantitative estimate of drug-likeness (QED) is 0.292. The lowest BCUT2D eigenvalue weighted by atomic mass is 10.0. The van der Waals surface area contributed by atoms with Crippen LogP contribution < -0.4 is 4.72 Å². The predicted octanol–water partition coefficient (Wildman–Crippen LogP) is 4.03. The first kappa shape index (κ1) is 25.8. The van der Waals surface area contributed by atoms with E-state index in [0.29, 0.717) is 27.3 Å². The van der Waals surface area contributed by atoms with Gasteiger partial charge in [-0.25, -0.2) is 18.7 Å². The van der Waals surface area contributed by atoms with E-state index in [1.54, 1.807) is 32.2 Å². The summed E-state index contributed by atoms with van der Waals surface area (Å²) in [5, 5.41) is 12.7. The van der Waals surface area contributed by atoms with Crippen molar-refractivity contribution in [2.45, 2.75) is 26.4 Å². The molecular formula is C23H23F2N5O4S2.